The number of rotatable bonds is 4. The van der Waals surface area contributed by atoms with E-state index < -0.39 is 0 Å². The molecule has 5 nitrogen and oxygen atoms in total. The molecule has 0 aliphatic carbocycles. The maximum Gasteiger partial charge on any atom is 0.261 e. The maximum atomic E-state index is 12.1. The monoisotopic (exact) mass is 303 g/mol. The third kappa shape index (κ3) is 3.94. The Morgan fingerprint density at radius 2 is 2.33 bits per heavy atom. The van der Waals surface area contributed by atoms with Crippen molar-refractivity contribution in [1.82, 2.24) is 15.1 Å². The van der Waals surface area contributed by atoms with Crippen LogP contribution in [0.4, 0.5) is 0 Å². The van der Waals surface area contributed by atoms with Crippen LogP contribution >= 0.6 is 11.3 Å². The fraction of sp³-hybridized carbons (Fsp3) is 0.333. The summed E-state index contributed by atoms with van der Waals surface area (Å²) in [5, 5.41) is 15.7. The van der Waals surface area contributed by atoms with Gasteiger partial charge in [-0.15, -0.1) is 11.3 Å². The summed E-state index contributed by atoms with van der Waals surface area (Å²) in [4.78, 5) is 13.5. The number of thiophene rings is 1. The average Bonchev–Trinajstić information content (AvgIpc) is 3.06. The first-order chi connectivity index (χ1) is 10.1. The minimum Gasteiger partial charge on any atom is -0.395 e. The number of carbonyl (C=O) groups excluding carboxylic acids is 1. The van der Waals surface area contributed by atoms with Crippen LogP contribution in [0, 0.1) is 18.8 Å². The Morgan fingerprint density at radius 3 is 3.00 bits per heavy atom. The lowest BCUT2D eigenvalue weighted by molar-refractivity contribution is 0.0955. The highest BCUT2D eigenvalue weighted by molar-refractivity contribution is 7.14. The molecule has 0 aliphatic heterocycles. The van der Waals surface area contributed by atoms with Gasteiger partial charge >= 0.3 is 0 Å². The van der Waals surface area contributed by atoms with E-state index in [1.54, 1.807) is 16.9 Å². The SMILES string of the molecule is Cc1c(CNC(=O)c2ccc(C#CCCO)s2)cnn1C. The molecule has 2 heterocycles. The molecule has 0 bridgehead atoms. The van der Waals surface area contributed by atoms with E-state index in [0.717, 1.165) is 16.1 Å². The van der Waals surface area contributed by atoms with Crippen LogP contribution in [0.1, 0.15) is 32.2 Å². The number of aliphatic hydroxyl groups excluding tert-OH is 1. The highest BCUT2D eigenvalue weighted by Crippen LogP contribution is 2.15. The van der Waals surface area contributed by atoms with Gasteiger partial charge in [-0.05, 0) is 19.1 Å². The normalized spacial score (nSPS) is 10.0. The zero-order chi connectivity index (χ0) is 15.2. The van der Waals surface area contributed by atoms with Gasteiger partial charge in [0.1, 0.15) is 0 Å². The van der Waals surface area contributed by atoms with Crippen LogP contribution in [-0.2, 0) is 13.6 Å². The van der Waals surface area contributed by atoms with E-state index in [-0.39, 0.29) is 12.5 Å². The minimum atomic E-state index is -0.113. The van der Waals surface area contributed by atoms with Gasteiger partial charge in [0.2, 0.25) is 0 Å². The zero-order valence-corrected chi connectivity index (χ0v) is 12.8. The number of hydrogen-bond acceptors (Lipinski definition) is 4. The number of carbonyl (C=O) groups is 1. The number of aryl methyl sites for hydroxylation is 1. The van der Waals surface area contributed by atoms with Gasteiger partial charge in [0.05, 0.1) is 22.6 Å². The molecule has 0 fully saturated rings. The molecule has 0 spiro atoms. The van der Waals surface area contributed by atoms with E-state index in [1.807, 2.05) is 20.0 Å². The smallest absolute Gasteiger partial charge is 0.261 e. The van der Waals surface area contributed by atoms with Crippen molar-refractivity contribution in [1.29, 1.82) is 0 Å². The van der Waals surface area contributed by atoms with E-state index in [2.05, 4.69) is 22.3 Å². The molecular weight excluding hydrogens is 286 g/mol. The predicted molar refractivity (Wildman–Crippen MR) is 82.0 cm³/mol. The first-order valence-corrected chi connectivity index (χ1v) is 7.38. The zero-order valence-electron chi connectivity index (χ0n) is 12.0. The summed E-state index contributed by atoms with van der Waals surface area (Å²) in [6.07, 6.45) is 2.20. The van der Waals surface area contributed by atoms with Crippen LogP contribution in [0.5, 0.6) is 0 Å². The molecule has 2 aromatic heterocycles. The summed E-state index contributed by atoms with van der Waals surface area (Å²) in [6.45, 7) is 2.48. The van der Waals surface area contributed by atoms with Crippen molar-refractivity contribution in [2.24, 2.45) is 7.05 Å². The molecule has 0 saturated heterocycles. The van der Waals surface area contributed by atoms with E-state index in [1.165, 1.54) is 11.3 Å². The van der Waals surface area contributed by atoms with Gasteiger partial charge in [-0.25, -0.2) is 0 Å². The van der Waals surface area contributed by atoms with Gasteiger partial charge in [0.15, 0.2) is 0 Å². The fourth-order valence-corrected chi connectivity index (χ4v) is 2.51. The fourth-order valence-electron chi connectivity index (χ4n) is 1.71. The van der Waals surface area contributed by atoms with Crippen molar-refractivity contribution in [3.8, 4) is 11.8 Å². The van der Waals surface area contributed by atoms with Gasteiger partial charge in [0, 0.05) is 31.3 Å². The molecule has 0 aliphatic rings. The Kier molecular flexibility index (Phi) is 5.14. The van der Waals surface area contributed by atoms with E-state index in [4.69, 9.17) is 5.11 Å². The van der Waals surface area contributed by atoms with Crippen molar-refractivity contribution >= 4 is 17.2 Å². The minimum absolute atomic E-state index is 0.0518. The molecule has 110 valence electrons. The van der Waals surface area contributed by atoms with E-state index in [0.29, 0.717) is 17.8 Å². The predicted octanol–water partition coefficient (Wildman–Crippen LogP) is 1.45. The van der Waals surface area contributed by atoms with Crippen LogP contribution in [0.15, 0.2) is 18.3 Å². The second-order valence-corrected chi connectivity index (χ2v) is 5.58. The Bertz CT molecular complexity index is 691. The quantitative estimate of drug-likeness (QED) is 0.840. The summed E-state index contributed by atoms with van der Waals surface area (Å²) >= 11 is 1.35. The Balaban J connectivity index is 1.95. The van der Waals surface area contributed by atoms with Crippen LogP contribution in [0.25, 0.3) is 0 Å². The van der Waals surface area contributed by atoms with Crippen LogP contribution in [0.3, 0.4) is 0 Å². The highest BCUT2D eigenvalue weighted by Gasteiger charge is 2.10. The van der Waals surface area contributed by atoms with E-state index >= 15 is 0 Å². The lowest BCUT2D eigenvalue weighted by Crippen LogP contribution is -2.22. The highest BCUT2D eigenvalue weighted by atomic mass is 32.1. The molecule has 0 saturated carbocycles. The van der Waals surface area contributed by atoms with E-state index in [9.17, 15) is 4.79 Å². The second-order valence-electron chi connectivity index (χ2n) is 4.50. The Hall–Kier alpha value is -2.10. The van der Waals surface area contributed by atoms with Gasteiger partial charge in [-0.1, -0.05) is 11.8 Å². The Labute approximate surface area is 127 Å². The first kappa shape index (κ1) is 15.3. The molecule has 0 aromatic carbocycles. The average molecular weight is 303 g/mol. The van der Waals surface area contributed by atoms with Crippen molar-refractivity contribution in [3.63, 3.8) is 0 Å². The number of aliphatic hydroxyl groups is 1. The van der Waals surface area contributed by atoms with Gasteiger partial charge < -0.3 is 10.4 Å². The molecule has 6 heteroatoms. The molecule has 0 radical (unpaired) electrons. The van der Waals surface area contributed by atoms with Crippen molar-refractivity contribution < 1.29 is 9.90 Å². The largest absolute Gasteiger partial charge is 0.395 e. The third-order valence-corrected chi connectivity index (χ3v) is 4.05. The van der Waals surface area contributed by atoms with Gasteiger partial charge in [0.25, 0.3) is 5.91 Å². The molecule has 2 N–H and O–H groups in total. The summed E-state index contributed by atoms with van der Waals surface area (Å²) < 4.78 is 1.78. The maximum absolute atomic E-state index is 12.1. The van der Waals surface area contributed by atoms with Crippen molar-refractivity contribution in [2.45, 2.75) is 19.9 Å². The lowest BCUT2D eigenvalue weighted by Gasteiger charge is -2.03. The lowest BCUT2D eigenvalue weighted by atomic mass is 10.2. The molecular formula is C15H17N3O2S. The summed E-state index contributed by atoms with van der Waals surface area (Å²) in [6, 6.07) is 3.58. The van der Waals surface area contributed by atoms with Crippen LogP contribution < -0.4 is 5.32 Å². The number of amides is 1. The molecule has 0 atom stereocenters. The number of aromatic nitrogens is 2. The van der Waals surface area contributed by atoms with Crippen LogP contribution in [0.2, 0.25) is 0 Å². The molecule has 21 heavy (non-hydrogen) atoms. The van der Waals surface area contributed by atoms with Gasteiger partial charge in [-0.2, -0.15) is 5.10 Å². The standard InChI is InChI=1S/C15H17N3O2S/c1-11-12(10-17-18(11)2)9-16-15(20)14-7-6-13(21-14)5-3-4-8-19/h6-7,10,19H,4,8-9H2,1-2H3,(H,16,20). The first-order valence-electron chi connectivity index (χ1n) is 6.57. The topological polar surface area (TPSA) is 67.2 Å². The summed E-state index contributed by atoms with van der Waals surface area (Å²) in [5.41, 5.74) is 2.04. The summed E-state index contributed by atoms with van der Waals surface area (Å²) in [5.74, 6) is 5.65. The number of nitrogens with one attached hydrogen (secondary N) is 1. The van der Waals surface area contributed by atoms with Crippen LogP contribution in [-0.4, -0.2) is 27.4 Å². The second kappa shape index (κ2) is 7.07. The Morgan fingerprint density at radius 1 is 1.52 bits per heavy atom. The number of hydrogen-bond donors (Lipinski definition) is 2. The molecule has 0 unspecified atom stereocenters. The van der Waals surface area contributed by atoms with Crippen molar-refractivity contribution in [2.75, 3.05) is 6.61 Å². The number of nitrogens with zero attached hydrogens (tertiary/aromatic N) is 2. The van der Waals surface area contributed by atoms with Gasteiger partial charge in [-0.3, -0.25) is 9.48 Å². The third-order valence-electron chi connectivity index (χ3n) is 3.05. The van der Waals surface area contributed by atoms with Crippen molar-refractivity contribution in [3.05, 3.63) is 39.3 Å². The molecule has 2 rings (SSSR count). The molecule has 1 amide bonds. The molecule has 2 aromatic rings. The summed E-state index contributed by atoms with van der Waals surface area (Å²) in [7, 11) is 1.87.